The van der Waals surface area contributed by atoms with Crippen LogP contribution in [0.3, 0.4) is 0 Å². The lowest BCUT2D eigenvalue weighted by Gasteiger charge is -2.36. The Hall–Kier alpha value is -1.49. The summed E-state index contributed by atoms with van der Waals surface area (Å²) in [5, 5.41) is 0.153. The molecule has 0 spiro atoms. The predicted octanol–water partition coefficient (Wildman–Crippen LogP) is 4.27. The zero-order chi connectivity index (χ0) is 16.0. The Balaban J connectivity index is 2.60. The van der Waals surface area contributed by atoms with Crippen LogP contribution in [0.2, 0.25) is 18.1 Å². The van der Waals surface area contributed by atoms with Crippen molar-refractivity contribution in [3.8, 4) is 11.6 Å². The number of aryl methyl sites for hydroxylation is 1. The van der Waals surface area contributed by atoms with Crippen molar-refractivity contribution in [2.24, 2.45) is 7.05 Å². The molecule has 0 aliphatic rings. The fraction of sp³-hybridized carbons (Fsp3) is 0.562. The lowest BCUT2D eigenvalue weighted by atomic mass is 10.2. The molecule has 2 heterocycles. The molecule has 0 bridgehead atoms. The normalized spacial score (nSPS) is 12.8. The molecular formula is C16H26N2O2Si. The van der Waals surface area contributed by atoms with Gasteiger partial charge in [0, 0.05) is 13.1 Å². The molecule has 0 fully saturated rings. The Kier molecular flexibility index (Phi) is 3.82. The van der Waals surface area contributed by atoms with Crippen LogP contribution in [0, 0.1) is 6.92 Å². The van der Waals surface area contributed by atoms with Crippen molar-refractivity contribution >= 4 is 19.4 Å². The summed E-state index contributed by atoms with van der Waals surface area (Å²) in [5.41, 5.74) is 3.07. The summed E-state index contributed by atoms with van der Waals surface area (Å²) in [4.78, 5) is 4.60. The fourth-order valence-electron chi connectivity index (χ4n) is 2.02. The van der Waals surface area contributed by atoms with Gasteiger partial charge in [-0.3, -0.25) is 0 Å². The second kappa shape index (κ2) is 5.05. The highest BCUT2D eigenvalue weighted by Gasteiger charge is 2.40. The van der Waals surface area contributed by atoms with Crippen LogP contribution in [-0.4, -0.2) is 25.0 Å². The Morgan fingerprint density at radius 3 is 2.33 bits per heavy atom. The van der Waals surface area contributed by atoms with Crippen molar-refractivity contribution in [1.82, 2.24) is 9.55 Å². The first-order chi connectivity index (χ1) is 9.58. The molecule has 116 valence electrons. The van der Waals surface area contributed by atoms with Gasteiger partial charge in [0.15, 0.2) is 5.75 Å². The molecule has 0 aliphatic heterocycles. The van der Waals surface area contributed by atoms with Gasteiger partial charge in [0.1, 0.15) is 5.52 Å². The highest BCUT2D eigenvalue weighted by Crippen LogP contribution is 2.41. The molecule has 0 aliphatic carbocycles. The van der Waals surface area contributed by atoms with Crippen LogP contribution in [0.25, 0.3) is 11.0 Å². The quantitative estimate of drug-likeness (QED) is 0.794. The summed E-state index contributed by atoms with van der Waals surface area (Å²) in [6, 6.07) is 3.92. The molecule has 0 N–H and O–H groups in total. The molecule has 4 nitrogen and oxygen atoms in total. The first kappa shape index (κ1) is 15.9. The van der Waals surface area contributed by atoms with Crippen LogP contribution in [-0.2, 0) is 7.05 Å². The maximum absolute atomic E-state index is 6.53. The third kappa shape index (κ3) is 2.66. The third-order valence-corrected chi connectivity index (χ3v) is 8.96. The zero-order valence-corrected chi connectivity index (χ0v) is 15.4. The minimum Gasteiger partial charge on any atom is -0.541 e. The molecule has 0 atom stereocenters. The summed E-state index contributed by atoms with van der Waals surface area (Å²) in [7, 11) is 1.78. The van der Waals surface area contributed by atoms with Gasteiger partial charge in [-0.25, -0.2) is 4.98 Å². The van der Waals surface area contributed by atoms with Crippen LogP contribution >= 0.6 is 0 Å². The third-order valence-electron chi connectivity index (χ3n) is 4.63. The molecular weight excluding hydrogens is 280 g/mol. The first-order valence-corrected chi connectivity index (χ1v) is 10.2. The Morgan fingerprint density at radius 2 is 1.81 bits per heavy atom. The van der Waals surface area contributed by atoms with Crippen LogP contribution in [0.15, 0.2) is 12.1 Å². The number of fused-ring (bicyclic) bond motifs is 1. The van der Waals surface area contributed by atoms with E-state index in [-0.39, 0.29) is 5.04 Å². The molecule has 0 amide bonds. The van der Waals surface area contributed by atoms with Gasteiger partial charge in [-0.05, 0) is 31.1 Å². The van der Waals surface area contributed by atoms with E-state index in [1.807, 2.05) is 19.2 Å². The maximum Gasteiger partial charge on any atom is 0.250 e. The van der Waals surface area contributed by atoms with Gasteiger partial charge in [0.2, 0.25) is 5.88 Å². The van der Waals surface area contributed by atoms with E-state index in [4.69, 9.17) is 9.16 Å². The second-order valence-electron chi connectivity index (χ2n) is 7.06. The molecule has 2 aromatic heterocycles. The Bertz CT molecular complexity index is 669. The van der Waals surface area contributed by atoms with Crippen molar-refractivity contribution in [1.29, 1.82) is 0 Å². The number of hydrogen-bond donors (Lipinski definition) is 0. The summed E-state index contributed by atoms with van der Waals surface area (Å²) in [5.74, 6) is 1.52. The van der Waals surface area contributed by atoms with Gasteiger partial charge in [0.25, 0.3) is 8.32 Å². The number of ether oxygens (including phenoxy) is 1. The van der Waals surface area contributed by atoms with Gasteiger partial charge in [0.05, 0.1) is 18.3 Å². The molecule has 2 rings (SSSR count). The number of rotatable bonds is 3. The van der Waals surface area contributed by atoms with Gasteiger partial charge in [-0.1, -0.05) is 20.8 Å². The van der Waals surface area contributed by atoms with E-state index >= 15 is 0 Å². The molecule has 0 aromatic carbocycles. The zero-order valence-electron chi connectivity index (χ0n) is 14.4. The molecule has 0 saturated carbocycles. The predicted molar refractivity (Wildman–Crippen MR) is 89.8 cm³/mol. The van der Waals surface area contributed by atoms with Crippen LogP contribution in [0.1, 0.15) is 26.5 Å². The van der Waals surface area contributed by atoms with Crippen LogP contribution < -0.4 is 9.16 Å². The van der Waals surface area contributed by atoms with Crippen molar-refractivity contribution in [2.75, 3.05) is 7.11 Å². The van der Waals surface area contributed by atoms with Crippen molar-refractivity contribution < 1.29 is 9.16 Å². The smallest absolute Gasteiger partial charge is 0.250 e. The number of pyridine rings is 1. The van der Waals surface area contributed by atoms with E-state index in [1.165, 1.54) is 0 Å². The first-order valence-electron chi connectivity index (χ1n) is 7.27. The highest BCUT2D eigenvalue weighted by molar-refractivity contribution is 6.74. The highest BCUT2D eigenvalue weighted by atomic mass is 28.4. The second-order valence-corrected chi connectivity index (χ2v) is 11.8. The Labute approximate surface area is 128 Å². The van der Waals surface area contributed by atoms with Crippen molar-refractivity contribution in [3.05, 3.63) is 17.8 Å². The fourth-order valence-corrected chi connectivity index (χ4v) is 3.08. The van der Waals surface area contributed by atoms with Gasteiger partial charge >= 0.3 is 0 Å². The van der Waals surface area contributed by atoms with E-state index in [9.17, 15) is 0 Å². The van der Waals surface area contributed by atoms with E-state index in [1.54, 1.807) is 7.11 Å². The van der Waals surface area contributed by atoms with Crippen molar-refractivity contribution in [3.63, 3.8) is 0 Å². The molecule has 0 saturated heterocycles. The molecule has 2 aromatic rings. The summed E-state index contributed by atoms with van der Waals surface area (Å²) in [6.45, 7) is 13.3. The summed E-state index contributed by atoms with van der Waals surface area (Å²) >= 11 is 0. The van der Waals surface area contributed by atoms with Gasteiger partial charge in [-0.15, -0.1) is 0 Å². The van der Waals surface area contributed by atoms with E-state index in [0.717, 1.165) is 22.5 Å². The van der Waals surface area contributed by atoms with Crippen molar-refractivity contribution in [2.45, 2.75) is 45.8 Å². The van der Waals surface area contributed by atoms with Gasteiger partial charge < -0.3 is 13.7 Å². The summed E-state index contributed by atoms with van der Waals surface area (Å²) in [6.07, 6.45) is 0. The number of methoxy groups -OCH3 is 1. The largest absolute Gasteiger partial charge is 0.541 e. The van der Waals surface area contributed by atoms with E-state index < -0.39 is 8.32 Å². The summed E-state index contributed by atoms with van der Waals surface area (Å²) < 4.78 is 13.9. The maximum atomic E-state index is 6.53. The lowest BCUT2D eigenvalue weighted by Crippen LogP contribution is -2.44. The van der Waals surface area contributed by atoms with Crippen LogP contribution in [0.5, 0.6) is 11.6 Å². The minimum atomic E-state index is -1.90. The average molecular weight is 306 g/mol. The topological polar surface area (TPSA) is 36.3 Å². The van der Waals surface area contributed by atoms with Crippen LogP contribution in [0.4, 0.5) is 0 Å². The van der Waals surface area contributed by atoms with E-state index in [0.29, 0.717) is 5.88 Å². The average Bonchev–Trinajstić information content (AvgIpc) is 2.62. The molecule has 0 unspecified atom stereocenters. The monoisotopic (exact) mass is 306 g/mol. The lowest BCUT2D eigenvalue weighted by molar-refractivity contribution is 0.399. The van der Waals surface area contributed by atoms with E-state index in [2.05, 4.69) is 50.3 Å². The minimum absolute atomic E-state index is 0.153. The SMILES string of the molecule is COc1ccc2c(n1)c(O[Si](C)(C)C(C)(C)C)c(C)n2C. The number of aromatic nitrogens is 2. The number of nitrogens with zero attached hydrogens (tertiary/aromatic N) is 2. The number of hydrogen-bond acceptors (Lipinski definition) is 3. The molecule has 0 radical (unpaired) electrons. The molecule has 5 heteroatoms. The van der Waals surface area contributed by atoms with Gasteiger partial charge in [-0.2, -0.15) is 0 Å². The standard InChI is InChI=1S/C16H26N2O2Si/c1-11-15(20-21(7,8)16(2,3)4)14-12(18(11)5)9-10-13(17-14)19-6/h9-10H,1-8H3. The Morgan fingerprint density at radius 1 is 1.19 bits per heavy atom. The molecule has 21 heavy (non-hydrogen) atoms.